The van der Waals surface area contributed by atoms with Crippen LogP contribution in [0.15, 0.2) is 16.9 Å². The first-order valence-electron chi connectivity index (χ1n) is 5.09. The zero-order chi connectivity index (χ0) is 12.5. The monoisotopic (exact) mass is 221 g/mol. The number of hydrogen-bond donors (Lipinski definition) is 0. The van der Waals surface area contributed by atoms with Gasteiger partial charge in [-0.05, 0) is 39.8 Å². The number of nitrogens with zero attached hydrogens (tertiary/aromatic N) is 1. The van der Waals surface area contributed by atoms with Crippen LogP contribution in [0.5, 0.6) is 0 Å². The number of rotatable bonds is 3. The highest BCUT2D eigenvalue weighted by atomic mass is 16.2. The third-order valence-electron chi connectivity index (χ3n) is 2.68. The standard InChI is InChI=1S/C12H15NO3/c1-7-5-6-11(10(4)15)12(16)13(7)8(2)9(3)14/h5-6,8H,1-4H3. The highest BCUT2D eigenvalue weighted by Crippen LogP contribution is 2.09. The van der Waals surface area contributed by atoms with Gasteiger partial charge in [-0.3, -0.25) is 14.4 Å². The van der Waals surface area contributed by atoms with Crippen molar-refractivity contribution in [3.05, 3.63) is 33.7 Å². The highest BCUT2D eigenvalue weighted by molar-refractivity contribution is 5.93. The molecular formula is C12H15NO3. The summed E-state index contributed by atoms with van der Waals surface area (Å²) in [7, 11) is 0. The lowest BCUT2D eigenvalue weighted by molar-refractivity contribution is -0.119. The molecule has 16 heavy (non-hydrogen) atoms. The van der Waals surface area contributed by atoms with Crippen molar-refractivity contribution in [1.29, 1.82) is 0 Å². The molecule has 0 saturated carbocycles. The molecule has 1 aromatic rings. The van der Waals surface area contributed by atoms with Crippen LogP contribution in [0.1, 0.15) is 42.9 Å². The summed E-state index contributed by atoms with van der Waals surface area (Å²) in [4.78, 5) is 34.5. The molecule has 4 nitrogen and oxygen atoms in total. The number of pyridine rings is 1. The summed E-state index contributed by atoms with van der Waals surface area (Å²) in [5.41, 5.74) is 0.409. The first kappa shape index (κ1) is 12.4. The maximum Gasteiger partial charge on any atom is 0.262 e. The van der Waals surface area contributed by atoms with E-state index in [0.29, 0.717) is 5.69 Å². The average Bonchev–Trinajstić information content (AvgIpc) is 2.16. The van der Waals surface area contributed by atoms with Crippen molar-refractivity contribution >= 4 is 11.6 Å². The van der Waals surface area contributed by atoms with Gasteiger partial charge in [0.25, 0.3) is 5.56 Å². The highest BCUT2D eigenvalue weighted by Gasteiger charge is 2.17. The largest absolute Gasteiger partial charge is 0.302 e. The van der Waals surface area contributed by atoms with E-state index in [1.807, 2.05) is 0 Å². The molecule has 0 fully saturated rings. The Hall–Kier alpha value is -1.71. The second kappa shape index (κ2) is 4.43. The predicted molar refractivity (Wildman–Crippen MR) is 60.8 cm³/mol. The molecule has 0 aliphatic heterocycles. The Morgan fingerprint density at radius 3 is 2.25 bits per heavy atom. The van der Waals surface area contributed by atoms with Gasteiger partial charge in [0.05, 0.1) is 11.6 Å². The fourth-order valence-corrected chi connectivity index (χ4v) is 1.58. The Kier molecular flexibility index (Phi) is 3.42. The van der Waals surface area contributed by atoms with Gasteiger partial charge in [0.2, 0.25) is 0 Å². The minimum Gasteiger partial charge on any atom is -0.302 e. The Labute approximate surface area is 93.9 Å². The van der Waals surface area contributed by atoms with Crippen molar-refractivity contribution in [2.75, 3.05) is 0 Å². The minimum absolute atomic E-state index is 0.106. The summed E-state index contributed by atoms with van der Waals surface area (Å²) in [6.45, 7) is 6.16. The van der Waals surface area contributed by atoms with E-state index in [1.54, 1.807) is 19.9 Å². The Bertz CT molecular complexity index is 499. The van der Waals surface area contributed by atoms with Crippen LogP contribution in [0, 0.1) is 6.92 Å². The average molecular weight is 221 g/mol. The van der Waals surface area contributed by atoms with Crippen molar-refractivity contribution in [3.8, 4) is 0 Å². The molecule has 1 unspecified atom stereocenters. The summed E-state index contributed by atoms with van der Waals surface area (Å²) in [6.07, 6.45) is 0. The molecule has 0 aromatic carbocycles. The quantitative estimate of drug-likeness (QED) is 0.727. The van der Waals surface area contributed by atoms with E-state index < -0.39 is 11.6 Å². The molecule has 0 bridgehead atoms. The van der Waals surface area contributed by atoms with Crippen molar-refractivity contribution < 1.29 is 9.59 Å². The molecule has 1 aromatic heterocycles. The maximum absolute atomic E-state index is 12.0. The molecule has 0 spiro atoms. The number of aromatic nitrogens is 1. The molecule has 0 amide bonds. The van der Waals surface area contributed by atoms with E-state index in [1.165, 1.54) is 24.5 Å². The van der Waals surface area contributed by atoms with Gasteiger partial charge >= 0.3 is 0 Å². The fraction of sp³-hybridized carbons (Fsp3) is 0.417. The second-order valence-corrected chi connectivity index (χ2v) is 3.91. The Morgan fingerprint density at radius 1 is 1.25 bits per heavy atom. The Balaban J connectivity index is 3.50. The topological polar surface area (TPSA) is 56.1 Å². The predicted octanol–water partition coefficient (Wildman–Crippen LogP) is 1.51. The number of hydrogen-bond acceptors (Lipinski definition) is 3. The van der Waals surface area contributed by atoms with Gasteiger partial charge in [0.1, 0.15) is 0 Å². The van der Waals surface area contributed by atoms with Crippen LogP contribution in [-0.2, 0) is 4.79 Å². The molecule has 86 valence electrons. The van der Waals surface area contributed by atoms with E-state index in [2.05, 4.69) is 0 Å². The number of carbonyl (C=O) groups excluding carboxylic acids is 2. The lowest BCUT2D eigenvalue weighted by Gasteiger charge is -2.16. The SMILES string of the molecule is CC(=O)c1ccc(C)n(C(C)C(C)=O)c1=O. The summed E-state index contributed by atoms with van der Waals surface area (Å²) in [6, 6.07) is 2.65. The zero-order valence-corrected chi connectivity index (χ0v) is 9.90. The van der Waals surface area contributed by atoms with Crippen LogP contribution in [0.4, 0.5) is 0 Å². The summed E-state index contributed by atoms with van der Waals surface area (Å²) < 4.78 is 1.36. The minimum atomic E-state index is -0.535. The van der Waals surface area contributed by atoms with Crippen molar-refractivity contribution in [3.63, 3.8) is 0 Å². The molecule has 1 rings (SSSR count). The van der Waals surface area contributed by atoms with Crippen LogP contribution in [0.25, 0.3) is 0 Å². The molecule has 0 aliphatic carbocycles. The third-order valence-corrected chi connectivity index (χ3v) is 2.68. The first-order valence-corrected chi connectivity index (χ1v) is 5.09. The second-order valence-electron chi connectivity index (χ2n) is 3.91. The lowest BCUT2D eigenvalue weighted by atomic mass is 10.1. The number of aryl methyl sites for hydroxylation is 1. The normalized spacial score (nSPS) is 12.2. The van der Waals surface area contributed by atoms with E-state index in [9.17, 15) is 14.4 Å². The fourth-order valence-electron chi connectivity index (χ4n) is 1.58. The Morgan fingerprint density at radius 2 is 1.81 bits per heavy atom. The van der Waals surface area contributed by atoms with Gasteiger partial charge < -0.3 is 4.57 Å². The van der Waals surface area contributed by atoms with Crippen LogP contribution in [-0.4, -0.2) is 16.1 Å². The van der Waals surface area contributed by atoms with Crippen LogP contribution in [0.3, 0.4) is 0 Å². The van der Waals surface area contributed by atoms with Gasteiger partial charge in [-0.1, -0.05) is 0 Å². The molecular weight excluding hydrogens is 206 g/mol. The van der Waals surface area contributed by atoms with Crippen molar-refractivity contribution in [1.82, 2.24) is 4.57 Å². The van der Waals surface area contributed by atoms with E-state index in [-0.39, 0.29) is 17.1 Å². The number of Topliss-reactive ketones (excluding diaryl/α,β-unsaturated/α-hetero) is 2. The van der Waals surface area contributed by atoms with Crippen LogP contribution < -0.4 is 5.56 Å². The smallest absolute Gasteiger partial charge is 0.262 e. The number of carbonyl (C=O) groups is 2. The first-order chi connectivity index (χ1) is 7.36. The van der Waals surface area contributed by atoms with Gasteiger partial charge in [-0.25, -0.2) is 0 Å². The zero-order valence-electron chi connectivity index (χ0n) is 9.90. The third kappa shape index (κ3) is 2.10. The van der Waals surface area contributed by atoms with Crippen LogP contribution >= 0.6 is 0 Å². The molecule has 0 aliphatic rings. The van der Waals surface area contributed by atoms with Crippen molar-refractivity contribution in [2.45, 2.75) is 33.7 Å². The summed E-state index contributed by atoms with van der Waals surface area (Å²) >= 11 is 0. The van der Waals surface area contributed by atoms with E-state index in [0.717, 1.165) is 0 Å². The van der Waals surface area contributed by atoms with Gasteiger partial charge in [-0.15, -0.1) is 0 Å². The van der Waals surface area contributed by atoms with E-state index in [4.69, 9.17) is 0 Å². The molecule has 0 N–H and O–H groups in total. The molecule has 1 heterocycles. The van der Waals surface area contributed by atoms with Gasteiger partial charge in [0.15, 0.2) is 11.6 Å². The van der Waals surface area contributed by atoms with E-state index >= 15 is 0 Å². The van der Waals surface area contributed by atoms with Gasteiger partial charge in [0, 0.05) is 5.69 Å². The molecule has 4 heteroatoms. The lowest BCUT2D eigenvalue weighted by Crippen LogP contribution is -2.32. The van der Waals surface area contributed by atoms with Gasteiger partial charge in [-0.2, -0.15) is 0 Å². The molecule has 1 atom stereocenters. The van der Waals surface area contributed by atoms with Crippen LogP contribution in [0.2, 0.25) is 0 Å². The number of ketones is 2. The molecule has 0 radical (unpaired) electrons. The van der Waals surface area contributed by atoms with Crippen molar-refractivity contribution in [2.24, 2.45) is 0 Å². The summed E-state index contributed by atoms with van der Waals surface area (Å²) in [5.74, 6) is -0.389. The summed E-state index contributed by atoms with van der Waals surface area (Å²) in [5, 5.41) is 0. The molecule has 0 saturated heterocycles. The maximum atomic E-state index is 12.0.